The summed E-state index contributed by atoms with van der Waals surface area (Å²) >= 11 is 0. The topological polar surface area (TPSA) is 95.9 Å². The fourth-order valence-corrected chi connectivity index (χ4v) is 2.45. The number of nitrogens with one attached hydrogen (secondary N) is 1. The van der Waals surface area contributed by atoms with E-state index < -0.39 is 24.0 Å². The first kappa shape index (κ1) is 21.0. The van der Waals surface area contributed by atoms with Crippen LogP contribution < -0.4 is 10.1 Å². The highest BCUT2D eigenvalue weighted by atomic mass is 16.5. The molecule has 0 heterocycles. The number of benzene rings is 1. The Morgan fingerprint density at radius 1 is 1.04 bits per heavy atom. The molecule has 6 nitrogen and oxygen atoms in total. The van der Waals surface area contributed by atoms with Crippen molar-refractivity contribution in [1.82, 2.24) is 5.32 Å². The van der Waals surface area contributed by atoms with E-state index in [2.05, 4.69) is 5.32 Å². The van der Waals surface area contributed by atoms with Gasteiger partial charge in [0.25, 0.3) is 0 Å². The summed E-state index contributed by atoms with van der Waals surface area (Å²) in [6, 6.07) is 5.34. The second-order valence-electron chi connectivity index (χ2n) is 7.64. The quantitative estimate of drug-likeness (QED) is 0.633. The zero-order valence-corrected chi connectivity index (χ0v) is 15.6. The maximum absolute atomic E-state index is 11.5. The van der Waals surface area contributed by atoms with E-state index in [0.717, 1.165) is 5.56 Å². The predicted molar refractivity (Wildman–Crippen MR) is 96.0 cm³/mol. The van der Waals surface area contributed by atoms with E-state index in [1.54, 1.807) is 24.3 Å². The van der Waals surface area contributed by atoms with Crippen LogP contribution in [0.5, 0.6) is 5.75 Å². The summed E-state index contributed by atoms with van der Waals surface area (Å²) in [5.41, 5.74) is 0.493. The largest absolute Gasteiger partial charge is 0.488 e. The Labute approximate surface area is 149 Å². The van der Waals surface area contributed by atoms with E-state index in [-0.39, 0.29) is 17.9 Å². The molecule has 140 valence electrons. The van der Waals surface area contributed by atoms with E-state index in [9.17, 15) is 19.8 Å². The Balaban J connectivity index is 2.80. The van der Waals surface area contributed by atoms with Crippen LogP contribution in [0.2, 0.25) is 0 Å². The van der Waals surface area contributed by atoms with Crippen LogP contribution in [0.3, 0.4) is 0 Å². The van der Waals surface area contributed by atoms with Crippen molar-refractivity contribution in [2.24, 2.45) is 5.92 Å². The molecule has 2 atom stereocenters. The molecule has 1 aromatic rings. The van der Waals surface area contributed by atoms with E-state index in [1.807, 2.05) is 34.6 Å². The van der Waals surface area contributed by atoms with Gasteiger partial charge >= 0.3 is 11.9 Å². The fraction of sp³-hybridized carbons (Fsp3) is 0.579. The number of rotatable bonds is 9. The zero-order valence-electron chi connectivity index (χ0n) is 15.6. The number of carboxylic acid groups (broad SMARTS) is 2. The molecule has 2 unspecified atom stereocenters. The lowest BCUT2D eigenvalue weighted by molar-refractivity contribution is -0.142. The van der Waals surface area contributed by atoms with E-state index >= 15 is 0 Å². The minimum absolute atomic E-state index is 0.150. The van der Waals surface area contributed by atoms with E-state index in [4.69, 9.17) is 4.74 Å². The van der Waals surface area contributed by atoms with Crippen molar-refractivity contribution in [2.75, 3.05) is 0 Å². The molecule has 0 bridgehead atoms. The van der Waals surface area contributed by atoms with Gasteiger partial charge in [-0.05, 0) is 57.2 Å². The van der Waals surface area contributed by atoms with Crippen molar-refractivity contribution >= 4 is 11.9 Å². The molecule has 0 spiro atoms. The standard InChI is InChI=1S/C19H29NO5/c1-12(2)10-15(17(21)22)20-16(18(23)24)11-13-6-8-14(9-7-13)25-19(3,4)5/h6-9,12,15-16,20H,10-11H2,1-5H3,(H,21,22)(H,23,24). The van der Waals surface area contributed by atoms with E-state index in [0.29, 0.717) is 12.2 Å². The van der Waals surface area contributed by atoms with E-state index in [1.165, 1.54) is 0 Å². The monoisotopic (exact) mass is 351 g/mol. The van der Waals surface area contributed by atoms with Crippen LogP contribution in [0.4, 0.5) is 0 Å². The molecule has 25 heavy (non-hydrogen) atoms. The third kappa shape index (κ3) is 8.03. The summed E-state index contributed by atoms with van der Waals surface area (Å²) in [6.45, 7) is 9.66. The highest BCUT2D eigenvalue weighted by Gasteiger charge is 2.26. The highest BCUT2D eigenvalue weighted by Crippen LogP contribution is 2.19. The van der Waals surface area contributed by atoms with Crippen LogP contribution in [0.1, 0.15) is 46.6 Å². The minimum Gasteiger partial charge on any atom is -0.488 e. The number of hydrogen-bond donors (Lipinski definition) is 3. The molecule has 0 aliphatic rings. The minimum atomic E-state index is -1.06. The highest BCUT2D eigenvalue weighted by molar-refractivity contribution is 5.77. The van der Waals surface area contributed by atoms with Gasteiger partial charge in [-0.2, -0.15) is 0 Å². The van der Waals surface area contributed by atoms with Gasteiger partial charge in [0.15, 0.2) is 0 Å². The summed E-state index contributed by atoms with van der Waals surface area (Å²) in [6.07, 6.45) is 0.574. The van der Waals surface area contributed by atoms with Crippen molar-refractivity contribution in [3.8, 4) is 5.75 Å². The molecule has 0 fully saturated rings. The second-order valence-corrected chi connectivity index (χ2v) is 7.64. The molecule has 0 radical (unpaired) electrons. The Kier molecular flexibility index (Phi) is 7.42. The lowest BCUT2D eigenvalue weighted by Gasteiger charge is -2.23. The van der Waals surface area contributed by atoms with Gasteiger partial charge in [0.2, 0.25) is 0 Å². The molecule has 0 saturated carbocycles. The van der Waals surface area contributed by atoms with Crippen molar-refractivity contribution < 1.29 is 24.5 Å². The Hall–Kier alpha value is -2.08. The first-order chi connectivity index (χ1) is 11.5. The summed E-state index contributed by atoms with van der Waals surface area (Å²) in [5, 5.41) is 21.5. The van der Waals surface area contributed by atoms with Crippen LogP contribution >= 0.6 is 0 Å². The molecule has 0 aliphatic carbocycles. The van der Waals surface area contributed by atoms with Crippen molar-refractivity contribution in [1.29, 1.82) is 0 Å². The van der Waals surface area contributed by atoms with Crippen molar-refractivity contribution in [3.63, 3.8) is 0 Å². The van der Waals surface area contributed by atoms with Crippen LogP contribution in [0.15, 0.2) is 24.3 Å². The van der Waals surface area contributed by atoms with Gasteiger partial charge in [-0.25, -0.2) is 0 Å². The van der Waals surface area contributed by atoms with Crippen LogP contribution in [0, 0.1) is 5.92 Å². The molecule has 0 saturated heterocycles. The number of ether oxygens (including phenoxy) is 1. The maximum Gasteiger partial charge on any atom is 0.321 e. The number of hydrogen-bond acceptors (Lipinski definition) is 4. The SMILES string of the molecule is CC(C)CC(NC(Cc1ccc(OC(C)(C)C)cc1)C(=O)O)C(=O)O. The lowest BCUT2D eigenvalue weighted by atomic mass is 10.0. The van der Waals surface area contributed by atoms with Crippen molar-refractivity contribution in [2.45, 2.75) is 65.1 Å². The average Bonchev–Trinajstić information content (AvgIpc) is 2.45. The van der Waals surface area contributed by atoms with Gasteiger partial charge in [0.1, 0.15) is 23.4 Å². The average molecular weight is 351 g/mol. The molecule has 1 aromatic carbocycles. The second kappa shape index (κ2) is 8.85. The third-order valence-electron chi connectivity index (χ3n) is 3.49. The van der Waals surface area contributed by atoms with Gasteiger partial charge < -0.3 is 14.9 Å². The van der Waals surface area contributed by atoms with Crippen LogP contribution in [-0.2, 0) is 16.0 Å². The maximum atomic E-state index is 11.5. The summed E-state index contributed by atoms with van der Waals surface area (Å²) in [7, 11) is 0. The third-order valence-corrected chi connectivity index (χ3v) is 3.49. The van der Waals surface area contributed by atoms with Gasteiger partial charge in [0.05, 0.1) is 0 Å². The van der Waals surface area contributed by atoms with Crippen LogP contribution in [-0.4, -0.2) is 39.8 Å². The summed E-state index contributed by atoms with van der Waals surface area (Å²) in [4.78, 5) is 22.9. The summed E-state index contributed by atoms with van der Waals surface area (Å²) < 4.78 is 5.74. The van der Waals surface area contributed by atoms with Crippen LogP contribution in [0.25, 0.3) is 0 Å². The Bertz CT molecular complexity index is 574. The van der Waals surface area contributed by atoms with Gasteiger partial charge in [0, 0.05) is 0 Å². The molecular formula is C19H29NO5. The smallest absolute Gasteiger partial charge is 0.321 e. The molecule has 3 N–H and O–H groups in total. The fourth-order valence-electron chi connectivity index (χ4n) is 2.45. The van der Waals surface area contributed by atoms with Crippen molar-refractivity contribution in [3.05, 3.63) is 29.8 Å². The first-order valence-electron chi connectivity index (χ1n) is 8.47. The lowest BCUT2D eigenvalue weighted by Crippen LogP contribution is -2.48. The molecule has 1 rings (SSSR count). The predicted octanol–water partition coefficient (Wildman–Crippen LogP) is 2.95. The van der Waals surface area contributed by atoms with Gasteiger partial charge in [-0.3, -0.25) is 14.9 Å². The summed E-state index contributed by atoms with van der Waals surface area (Å²) in [5.74, 6) is -1.24. The molecule has 0 amide bonds. The normalized spacial score (nSPS) is 14.2. The Morgan fingerprint density at radius 2 is 1.56 bits per heavy atom. The number of aliphatic carboxylic acids is 2. The first-order valence-corrected chi connectivity index (χ1v) is 8.47. The molecule has 0 aromatic heterocycles. The van der Waals surface area contributed by atoms with Gasteiger partial charge in [-0.15, -0.1) is 0 Å². The number of carbonyl (C=O) groups is 2. The molecule has 6 heteroatoms. The number of carboxylic acids is 2. The Morgan fingerprint density at radius 3 is 1.96 bits per heavy atom. The molecular weight excluding hydrogens is 322 g/mol. The molecule has 0 aliphatic heterocycles. The van der Waals surface area contributed by atoms with Gasteiger partial charge in [-0.1, -0.05) is 26.0 Å². The zero-order chi connectivity index (χ0) is 19.2.